The molecule has 0 bridgehead atoms. The van der Waals surface area contributed by atoms with Crippen LogP contribution < -0.4 is 0 Å². The molecule has 0 aromatic heterocycles. The molecule has 2 aliphatic rings. The predicted octanol–water partition coefficient (Wildman–Crippen LogP) is 4.10. The Labute approximate surface area is 151 Å². The fourth-order valence-corrected chi connectivity index (χ4v) is 3.31. The van der Waals surface area contributed by atoms with Gasteiger partial charge in [-0.05, 0) is 51.9 Å². The highest BCUT2D eigenvalue weighted by atomic mass is 16.6. The summed E-state index contributed by atoms with van der Waals surface area (Å²) >= 11 is 0. The molecule has 3 atom stereocenters. The van der Waals surface area contributed by atoms with Crippen LogP contribution in [0.3, 0.4) is 0 Å². The molecular formula is C21H32O4. The van der Waals surface area contributed by atoms with E-state index in [-0.39, 0.29) is 17.7 Å². The van der Waals surface area contributed by atoms with E-state index in [0.29, 0.717) is 24.3 Å². The maximum absolute atomic E-state index is 12.1. The van der Waals surface area contributed by atoms with Crippen LogP contribution >= 0.6 is 0 Å². The Kier molecular flexibility index (Phi) is 6.28. The molecule has 1 aliphatic carbocycles. The zero-order valence-electron chi connectivity index (χ0n) is 16.2. The number of rotatable bonds is 2. The van der Waals surface area contributed by atoms with Crippen LogP contribution in [0.25, 0.3) is 0 Å². The summed E-state index contributed by atoms with van der Waals surface area (Å²) in [6.45, 7) is 8.20. The lowest BCUT2D eigenvalue weighted by Crippen LogP contribution is -2.21. The van der Waals surface area contributed by atoms with Gasteiger partial charge in [0.2, 0.25) is 0 Å². The minimum Gasteiger partial charge on any atom is -0.466 e. The number of allylic oxidation sites excluding steroid dienone is 3. The SMILES string of the molecule is COC(=O)/C1=C\C=C(\C(C)C)CC[C@@](C)(O)/C=C/C[C@]2(C)O[C@H]2CC1. The third-order valence-electron chi connectivity index (χ3n) is 5.32. The highest BCUT2D eigenvalue weighted by Gasteiger charge is 2.50. The molecular weight excluding hydrogens is 316 g/mol. The topological polar surface area (TPSA) is 59.1 Å². The number of aliphatic hydroxyl groups is 1. The smallest absolute Gasteiger partial charge is 0.333 e. The molecule has 1 fully saturated rings. The van der Waals surface area contributed by atoms with E-state index in [1.165, 1.54) is 12.7 Å². The Morgan fingerprint density at radius 3 is 2.68 bits per heavy atom. The summed E-state index contributed by atoms with van der Waals surface area (Å²) in [5.41, 5.74) is 0.877. The van der Waals surface area contributed by atoms with Crippen molar-refractivity contribution in [2.45, 2.75) is 77.1 Å². The van der Waals surface area contributed by atoms with Gasteiger partial charge in [0.25, 0.3) is 0 Å². The summed E-state index contributed by atoms with van der Waals surface area (Å²) in [4.78, 5) is 12.1. The van der Waals surface area contributed by atoms with E-state index < -0.39 is 5.60 Å². The Bertz CT molecular complexity index is 583. The van der Waals surface area contributed by atoms with E-state index in [1.807, 2.05) is 31.2 Å². The van der Waals surface area contributed by atoms with Gasteiger partial charge < -0.3 is 14.6 Å². The van der Waals surface area contributed by atoms with Gasteiger partial charge in [0.05, 0.1) is 24.4 Å². The van der Waals surface area contributed by atoms with Crippen molar-refractivity contribution in [3.8, 4) is 0 Å². The first-order chi connectivity index (χ1) is 11.7. The van der Waals surface area contributed by atoms with Gasteiger partial charge in [0, 0.05) is 5.57 Å². The van der Waals surface area contributed by atoms with Crippen molar-refractivity contribution in [2.24, 2.45) is 5.92 Å². The molecule has 0 unspecified atom stereocenters. The summed E-state index contributed by atoms with van der Waals surface area (Å²) in [7, 11) is 1.42. The first-order valence-corrected chi connectivity index (χ1v) is 9.23. The molecule has 140 valence electrons. The lowest BCUT2D eigenvalue weighted by molar-refractivity contribution is -0.136. The third-order valence-corrected chi connectivity index (χ3v) is 5.32. The van der Waals surface area contributed by atoms with Gasteiger partial charge in [-0.15, -0.1) is 0 Å². The largest absolute Gasteiger partial charge is 0.466 e. The molecule has 4 heteroatoms. The number of carbonyl (C=O) groups is 1. The maximum Gasteiger partial charge on any atom is 0.333 e. The Morgan fingerprint density at radius 2 is 2.04 bits per heavy atom. The second kappa shape index (κ2) is 7.88. The molecule has 0 saturated carbocycles. The fourth-order valence-electron chi connectivity index (χ4n) is 3.31. The summed E-state index contributed by atoms with van der Waals surface area (Å²) in [5.74, 6) is 0.0820. The van der Waals surface area contributed by atoms with Crippen LogP contribution in [-0.2, 0) is 14.3 Å². The van der Waals surface area contributed by atoms with Crippen LogP contribution in [0.2, 0.25) is 0 Å². The van der Waals surface area contributed by atoms with Crippen molar-refractivity contribution in [3.05, 3.63) is 35.5 Å². The number of hydrogen-bond acceptors (Lipinski definition) is 4. The van der Waals surface area contributed by atoms with E-state index in [1.54, 1.807) is 0 Å². The van der Waals surface area contributed by atoms with Crippen molar-refractivity contribution in [3.63, 3.8) is 0 Å². The van der Waals surface area contributed by atoms with Gasteiger partial charge >= 0.3 is 5.97 Å². The van der Waals surface area contributed by atoms with Crippen molar-refractivity contribution in [2.75, 3.05) is 7.11 Å². The molecule has 1 heterocycles. The Morgan fingerprint density at radius 1 is 1.32 bits per heavy atom. The molecule has 1 N–H and O–H groups in total. The third kappa shape index (κ3) is 5.55. The highest BCUT2D eigenvalue weighted by Crippen LogP contribution is 2.43. The average molecular weight is 348 g/mol. The summed E-state index contributed by atoms with van der Waals surface area (Å²) in [6.07, 6.45) is 11.6. The van der Waals surface area contributed by atoms with Gasteiger partial charge in [-0.1, -0.05) is 43.7 Å². The van der Waals surface area contributed by atoms with Crippen LogP contribution in [-0.4, -0.2) is 35.5 Å². The first kappa shape index (κ1) is 19.9. The minimum atomic E-state index is -0.840. The predicted molar refractivity (Wildman–Crippen MR) is 99.1 cm³/mol. The van der Waals surface area contributed by atoms with E-state index in [0.717, 1.165) is 19.3 Å². The number of carbonyl (C=O) groups excluding carboxylic acids is 1. The van der Waals surface area contributed by atoms with Crippen LogP contribution in [0.4, 0.5) is 0 Å². The molecule has 4 nitrogen and oxygen atoms in total. The van der Waals surface area contributed by atoms with E-state index in [9.17, 15) is 9.90 Å². The Balaban J connectivity index is 2.28. The summed E-state index contributed by atoms with van der Waals surface area (Å²) < 4.78 is 10.8. The van der Waals surface area contributed by atoms with Crippen molar-refractivity contribution in [1.29, 1.82) is 0 Å². The standard InChI is InChI=1S/C21H32O4/c1-15(2)16-7-8-17(19(22)24-5)9-10-18-21(4,25-18)13-6-12-20(3,23)14-11-16/h6-8,12,15,18,23H,9-11,13-14H2,1-5H3/b12-6+,16-7+,17-8-/t18-,20-,21-/m0/s1. The lowest BCUT2D eigenvalue weighted by Gasteiger charge is -2.21. The van der Waals surface area contributed by atoms with E-state index in [2.05, 4.69) is 20.8 Å². The number of fused-ring (bicyclic) bond motifs is 1. The zero-order chi connectivity index (χ0) is 18.7. The number of hydrogen-bond donors (Lipinski definition) is 1. The van der Waals surface area contributed by atoms with Crippen LogP contribution in [0.15, 0.2) is 35.5 Å². The first-order valence-electron chi connectivity index (χ1n) is 9.23. The molecule has 0 radical (unpaired) electrons. The second-order valence-electron chi connectivity index (χ2n) is 8.00. The van der Waals surface area contributed by atoms with Crippen molar-refractivity contribution < 1.29 is 19.4 Å². The number of ether oxygens (including phenoxy) is 2. The molecule has 25 heavy (non-hydrogen) atoms. The zero-order valence-corrected chi connectivity index (χ0v) is 16.2. The lowest BCUT2D eigenvalue weighted by atomic mass is 9.89. The number of methoxy groups -OCH3 is 1. The Hall–Kier alpha value is -1.39. The molecule has 0 amide bonds. The molecule has 0 aromatic rings. The summed E-state index contributed by atoms with van der Waals surface area (Å²) in [5, 5.41) is 10.6. The number of esters is 1. The fraction of sp³-hybridized carbons (Fsp3) is 0.667. The quantitative estimate of drug-likeness (QED) is 0.464. The van der Waals surface area contributed by atoms with Crippen LogP contribution in [0.1, 0.15) is 59.8 Å². The average Bonchev–Trinajstić information content (AvgIpc) is 3.18. The van der Waals surface area contributed by atoms with Gasteiger partial charge in [-0.3, -0.25) is 0 Å². The van der Waals surface area contributed by atoms with Crippen molar-refractivity contribution in [1.82, 2.24) is 0 Å². The minimum absolute atomic E-state index is 0.145. The van der Waals surface area contributed by atoms with Crippen LogP contribution in [0, 0.1) is 5.92 Å². The van der Waals surface area contributed by atoms with Crippen molar-refractivity contribution >= 4 is 5.97 Å². The molecule has 1 saturated heterocycles. The molecule has 0 aromatic carbocycles. The van der Waals surface area contributed by atoms with Gasteiger partial charge in [-0.2, -0.15) is 0 Å². The number of epoxide rings is 1. The van der Waals surface area contributed by atoms with Gasteiger partial charge in [0.15, 0.2) is 0 Å². The second-order valence-corrected chi connectivity index (χ2v) is 8.00. The highest BCUT2D eigenvalue weighted by molar-refractivity contribution is 5.88. The molecule has 2 rings (SSSR count). The van der Waals surface area contributed by atoms with E-state index >= 15 is 0 Å². The monoisotopic (exact) mass is 348 g/mol. The maximum atomic E-state index is 12.1. The van der Waals surface area contributed by atoms with Gasteiger partial charge in [0.1, 0.15) is 0 Å². The van der Waals surface area contributed by atoms with Gasteiger partial charge in [-0.25, -0.2) is 4.79 Å². The van der Waals surface area contributed by atoms with E-state index in [4.69, 9.17) is 9.47 Å². The normalized spacial score (nSPS) is 39.2. The molecule has 0 spiro atoms. The van der Waals surface area contributed by atoms with Crippen LogP contribution in [0.5, 0.6) is 0 Å². The summed E-state index contributed by atoms with van der Waals surface area (Å²) in [6, 6.07) is 0. The molecule has 1 aliphatic heterocycles.